The summed E-state index contributed by atoms with van der Waals surface area (Å²) in [5, 5.41) is 3.02. The minimum atomic E-state index is -0.149. The van der Waals surface area contributed by atoms with Crippen LogP contribution in [0, 0.1) is 0 Å². The lowest BCUT2D eigenvalue weighted by atomic mass is 10.1. The van der Waals surface area contributed by atoms with E-state index in [1.54, 1.807) is 18.2 Å². The summed E-state index contributed by atoms with van der Waals surface area (Å²) in [7, 11) is 0. The van der Waals surface area contributed by atoms with Crippen LogP contribution in [0.1, 0.15) is 17.3 Å². The zero-order chi connectivity index (χ0) is 17.6. The molecule has 1 amide bonds. The van der Waals surface area contributed by atoms with Crippen molar-refractivity contribution >= 4 is 33.2 Å². The highest BCUT2D eigenvalue weighted by atomic mass is 79.9. The number of morpholine rings is 1. The van der Waals surface area contributed by atoms with Crippen molar-refractivity contribution in [1.82, 2.24) is 0 Å². The van der Waals surface area contributed by atoms with Crippen molar-refractivity contribution in [3.05, 3.63) is 52.5 Å². The maximum absolute atomic E-state index is 12.7. The van der Waals surface area contributed by atoms with E-state index in [-0.39, 0.29) is 5.91 Å². The van der Waals surface area contributed by atoms with E-state index in [9.17, 15) is 4.79 Å². The molecule has 0 spiro atoms. The van der Waals surface area contributed by atoms with Crippen molar-refractivity contribution in [3.8, 4) is 5.75 Å². The van der Waals surface area contributed by atoms with Crippen molar-refractivity contribution in [2.45, 2.75) is 6.92 Å². The van der Waals surface area contributed by atoms with Gasteiger partial charge in [-0.2, -0.15) is 0 Å². The maximum Gasteiger partial charge on any atom is 0.255 e. The molecule has 0 aliphatic carbocycles. The number of rotatable bonds is 5. The molecule has 2 aromatic carbocycles. The molecule has 6 heteroatoms. The number of carbonyl (C=O) groups excluding carboxylic acids is 1. The third kappa shape index (κ3) is 4.32. The number of hydrogen-bond donors (Lipinski definition) is 1. The van der Waals surface area contributed by atoms with E-state index in [2.05, 4.69) is 26.1 Å². The molecule has 0 radical (unpaired) electrons. The van der Waals surface area contributed by atoms with Gasteiger partial charge in [0, 0.05) is 18.7 Å². The van der Waals surface area contributed by atoms with Crippen LogP contribution in [0.3, 0.4) is 0 Å². The molecule has 1 N–H and O–H groups in total. The number of anilines is 2. The van der Waals surface area contributed by atoms with E-state index in [0.717, 1.165) is 34.7 Å². The van der Waals surface area contributed by atoms with Crippen LogP contribution < -0.4 is 15.0 Å². The first-order valence-electron chi connectivity index (χ1n) is 8.34. The number of hydrogen-bond acceptors (Lipinski definition) is 4. The Balaban J connectivity index is 1.78. The molecular formula is C19H21BrN2O3. The fourth-order valence-electron chi connectivity index (χ4n) is 2.77. The van der Waals surface area contributed by atoms with E-state index in [1.165, 1.54) is 0 Å². The summed E-state index contributed by atoms with van der Waals surface area (Å²) in [6.07, 6.45) is 0. The number of nitrogens with zero attached hydrogens (tertiary/aromatic N) is 1. The Hall–Kier alpha value is -2.05. The zero-order valence-corrected chi connectivity index (χ0v) is 15.7. The van der Waals surface area contributed by atoms with Gasteiger partial charge in [-0.1, -0.05) is 12.1 Å². The minimum absolute atomic E-state index is 0.149. The van der Waals surface area contributed by atoms with Gasteiger partial charge >= 0.3 is 0 Å². The van der Waals surface area contributed by atoms with Crippen molar-refractivity contribution in [1.29, 1.82) is 0 Å². The largest absolute Gasteiger partial charge is 0.493 e. The van der Waals surface area contributed by atoms with Gasteiger partial charge in [0.1, 0.15) is 5.75 Å². The summed E-state index contributed by atoms with van der Waals surface area (Å²) in [5.74, 6) is 0.581. The Kier molecular flexibility index (Phi) is 5.94. The molecule has 2 aromatic rings. The van der Waals surface area contributed by atoms with Gasteiger partial charge in [0.15, 0.2) is 0 Å². The van der Waals surface area contributed by atoms with Crippen molar-refractivity contribution in [3.63, 3.8) is 0 Å². The molecule has 1 heterocycles. The first-order valence-corrected chi connectivity index (χ1v) is 9.13. The highest BCUT2D eigenvalue weighted by Crippen LogP contribution is 2.29. The first-order chi connectivity index (χ1) is 12.2. The van der Waals surface area contributed by atoms with Gasteiger partial charge in [0.25, 0.3) is 5.91 Å². The molecule has 0 atom stereocenters. The standard InChI is InChI=1S/C19H21BrN2O3/c1-2-25-18-8-7-14(13-15(18)20)19(23)21-16-5-3-4-6-17(16)22-9-11-24-12-10-22/h3-8,13H,2,9-12H2,1H3,(H,21,23). The Bertz CT molecular complexity index is 745. The highest BCUT2D eigenvalue weighted by Gasteiger charge is 2.16. The molecule has 1 aliphatic heterocycles. The van der Waals surface area contributed by atoms with Crippen LogP contribution in [-0.4, -0.2) is 38.8 Å². The molecule has 0 bridgehead atoms. The summed E-state index contributed by atoms with van der Waals surface area (Å²) >= 11 is 3.45. The normalized spacial score (nSPS) is 14.2. The smallest absolute Gasteiger partial charge is 0.255 e. The van der Waals surface area contributed by atoms with Gasteiger partial charge in [0.05, 0.1) is 35.7 Å². The fourth-order valence-corrected chi connectivity index (χ4v) is 3.26. The Morgan fingerprint density at radius 3 is 2.72 bits per heavy atom. The lowest BCUT2D eigenvalue weighted by Crippen LogP contribution is -2.36. The zero-order valence-electron chi connectivity index (χ0n) is 14.1. The van der Waals surface area contributed by atoms with E-state index in [1.807, 2.05) is 31.2 Å². The summed E-state index contributed by atoms with van der Waals surface area (Å²) < 4.78 is 11.7. The van der Waals surface area contributed by atoms with Gasteiger partial charge in [-0.3, -0.25) is 4.79 Å². The van der Waals surface area contributed by atoms with E-state index in [0.29, 0.717) is 25.4 Å². The number of para-hydroxylation sites is 2. The molecule has 1 fully saturated rings. The van der Waals surface area contributed by atoms with E-state index in [4.69, 9.17) is 9.47 Å². The second kappa shape index (κ2) is 8.36. The third-order valence-corrected chi connectivity index (χ3v) is 4.62. The van der Waals surface area contributed by atoms with E-state index >= 15 is 0 Å². The molecule has 0 aromatic heterocycles. The molecule has 1 aliphatic rings. The molecular weight excluding hydrogens is 384 g/mol. The maximum atomic E-state index is 12.7. The van der Waals surface area contributed by atoms with Crippen molar-refractivity contribution < 1.29 is 14.3 Å². The Morgan fingerprint density at radius 2 is 2.00 bits per heavy atom. The number of benzene rings is 2. The lowest BCUT2D eigenvalue weighted by molar-refractivity contribution is 0.102. The monoisotopic (exact) mass is 404 g/mol. The fraction of sp³-hybridized carbons (Fsp3) is 0.316. The molecule has 3 rings (SSSR count). The lowest BCUT2D eigenvalue weighted by Gasteiger charge is -2.30. The van der Waals surface area contributed by atoms with Crippen LogP contribution >= 0.6 is 15.9 Å². The quantitative estimate of drug-likeness (QED) is 0.819. The summed E-state index contributed by atoms with van der Waals surface area (Å²) in [6.45, 7) is 5.55. The van der Waals surface area contributed by atoms with Gasteiger partial charge in [0.2, 0.25) is 0 Å². The van der Waals surface area contributed by atoms with Gasteiger partial charge in [-0.05, 0) is 53.2 Å². The SMILES string of the molecule is CCOc1ccc(C(=O)Nc2ccccc2N2CCOCC2)cc1Br. The summed E-state index contributed by atoms with van der Waals surface area (Å²) in [4.78, 5) is 14.9. The van der Waals surface area contributed by atoms with E-state index < -0.39 is 0 Å². The number of ether oxygens (including phenoxy) is 2. The van der Waals surface area contributed by atoms with Gasteiger partial charge in [-0.15, -0.1) is 0 Å². The molecule has 5 nitrogen and oxygen atoms in total. The highest BCUT2D eigenvalue weighted by molar-refractivity contribution is 9.10. The van der Waals surface area contributed by atoms with Crippen LogP contribution in [0.15, 0.2) is 46.9 Å². The van der Waals surface area contributed by atoms with Crippen LogP contribution in [0.4, 0.5) is 11.4 Å². The summed E-state index contributed by atoms with van der Waals surface area (Å²) in [6, 6.07) is 13.2. The summed E-state index contributed by atoms with van der Waals surface area (Å²) in [5.41, 5.74) is 2.40. The molecule has 1 saturated heterocycles. The number of carbonyl (C=O) groups is 1. The molecule has 132 valence electrons. The average Bonchev–Trinajstić information content (AvgIpc) is 2.64. The minimum Gasteiger partial charge on any atom is -0.493 e. The van der Waals surface area contributed by atoms with Crippen LogP contribution in [-0.2, 0) is 4.74 Å². The van der Waals surface area contributed by atoms with Crippen molar-refractivity contribution in [2.75, 3.05) is 43.1 Å². The molecule has 0 unspecified atom stereocenters. The van der Waals surface area contributed by atoms with Gasteiger partial charge in [-0.25, -0.2) is 0 Å². The topological polar surface area (TPSA) is 50.8 Å². The van der Waals surface area contributed by atoms with Gasteiger partial charge < -0.3 is 19.7 Å². The van der Waals surface area contributed by atoms with Crippen LogP contribution in [0.2, 0.25) is 0 Å². The molecule has 25 heavy (non-hydrogen) atoms. The first kappa shape index (κ1) is 17.8. The third-order valence-electron chi connectivity index (χ3n) is 4.00. The van der Waals surface area contributed by atoms with Crippen LogP contribution in [0.5, 0.6) is 5.75 Å². The second-order valence-electron chi connectivity index (χ2n) is 5.65. The predicted octanol–water partition coefficient (Wildman–Crippen LogP) is 3.94. The average molecular weight is 405 g/mol. The number of amides is 1. The second-order valence-corrected chi connectivity index (χ2v) is 6.50. The Labute approximate surface area is 156 Å². The van der Waals surface area contributed by atoms with Crippen LogP contribution in [0.25, 0.3) is 0 Å². The Morgan fingerprint density at radius 1 is 1.24 bits per heavy atom. The predicted molar refractivity (Wildman–Crippen MR) is 103 cm³/mol. The molecule has 0 saturated carbocycles. The number of halogens is 1. The van der Waals surface area contributed by atoms with Crippen molar-refractivity contribution in [2.24, 2.45) is 0 Å². The number of nitrogens with one attached hydrogen (secondary N) is 1.